The third-order valence-corrected chi connectivity index (χ3v) is 7.84. The van der Waals surface area contributed by atoms with Gasteiger partial charge in [0.25, 0.3) is 0 Å². The number of benzene rings is 1. The quantitative estimate of drug-likeness (QED) is 0.665. The Bertz CT molecular complexity index is 1090. The van der Waals surface area contributed by atoms with E-state index < -0.39 is 17.0 Å². The van der Waals surface area contributed by atoms with Crippen molar-refractivity contribution in [2.75, 3.05) is 35.6 Å². The Hall–Kier alpha value is -2.10. The van der Waals surface area contributed by atoms with E-state index in [2.05, 4.69) is 15.5 Å². The first kappa shape index (κ1) is 18.9. The Balaban J connectivity index is 1.54. The van der Waals surface area contributed by atoms with Crippen LogP contribution in [-0.2, 0) is 17.3 Å². The SMILES string of the molecule is Cc1cc2nc(N3CCS(=O)c4ccccc4C3)nc(NC3CNCC3F)c2s1. The van der Waals surface area contributed by atoms with Crippen LogP contribution in [0.25, 0.3) is 10.2 Å². The molecule has 29 heavy (non-hydrogen) atoms. The van der Waals surface area contributed by atoms with Gasteiger partial charge in [0.1, 0.15) is 12.0 Å². The summed E-state index contributed by atoms with van der Waals surface area (Å²) in [4.78, 5) is 13.7. The van der Waals surface area contributed by atoms with E-state index >= 15 is 0 Å². The molecule has 3 atom stereocenters. The first-order chi connectivity index (χ1) is 14.1. The molecule has 4 heterocycles. The summed E-state index contributed by atoms with van der Waals surface area (Å²) in [7, 11) is -1.03. The van der Waals surface area contributed by atoms with Crippen LogP contribution in [0.2, 0.25) is 0 Å². The molecular formula is C20H22FN5OS2. The van der Waals surface area contributed by atoms with Crippen LogP contribution in [0.3, 0.4) is 0 Å². The van der Waals surface area contributed by atoms with E-state index in [0.29, 0.717) is 43.7 Å². The van der Waals surface area contributed by atoms with Gasteiger partial charge in [0.2, 0.25) is 5.95 Å². The third-order valence-electron chi connectivity index (χ3n) is 5.35. The lowest BCUT2D eigenvalue weighted by Gasteiger charge is -2.22. The molecule has 0 aliphatic carbocycles. The molecule has 2 aliphatic heterocycles. The molecule has 2 aromatic heterocycles. The Morgan fingerprint density at radius 1 is 1.31 bits per heavy atom. The lowest BCUT2D eigenvalue weighted by Crippen LogP contribution is -2.31. The van der Waals surface area contributed by atoms with Crippen molar-refractivity contribution in [1.82, 2.24) is 15.3 Å². The van der Waals surface area contributed by atoms with Crippen LogP contribution in [0.4, 0.5) is 16.2 Å². The average Bonchev–Trinajstić information content (AvgIpc) is 3.24. The van der Waals surface area contributed by atoms with Gasteiger partial charge in [-0.05, 0) is 24.6 Å². The van der Waals surface area contributed by atoms with Crippen LogP contribution in [0.1, 0.15) is 10.4 Å². The summed E-state index contributed by atoms with van der Waals surface area (Å²) < 4.78 is 27.8. The lowest BCUT2D eigenvalue weighted by molar-refractivity contribution is 0.342. The molecule has 5 rings (SSSR count). The second-order valence-electron chi connectivity index (χ2n) is 7.45. The van der Waals surface area contributed by atoms with E-state index in [1.54, 1.807) is 11.3 Å². The number of hydrogen-bond donors (Lipinski definition) is 2. The third kappa shape index (κ3) is 3.62. The Morgan fingerprint density at radius 3 is 3.00 bits per heavy atom. The topological polar surface area (TPSA) is 70.2 Å². The summed E-state index contributed by atoms with van der Waals surface area (Å²) in [6.07, 6.45) is -0.947. The molecule has 3 unspecified atom stereocenters. The molecule has 1 aromatic carbocycles. The van der Waals surface area contributed by atoms with Crippen molar-refractivity contribution >= 4 is 44.1 Å². The van der Waals surface area contributed by atoms with E-state index in [-0.39, 0.29) is 6.04 Å². The lowest BCUT2D eigenvalue weighted by atomic mass is 10.2. The molecule has 0 amide bonds. The van der Waals surface area contributed by atoms with Gasteiger partial charge in [0, 0.05) is 41.7 Å². The second-order valence-corrected chi connectivity index (χ2v) is 10.2. The second kappa shape index (κ2) is 7.62. The predicted octanol–water partition coefficient (Wildman–Crippen LogP) is 2.85. The van der Waals surface area contributed by atoms with Crippen LogP contribution in [-0.4, -0.2) is 51.8 Å². The molecule has 2 aliphatic rings. The van der Waals surface area contributed by atoms with Gasteiger partial charge in [0.05, 0.1) is 27.1 Å². The van der Waals surface area contributed by atoms with Crippen LogP contribution in [0.15, 0.2) is 35.2 Å². The van der Waals surface area contributed by atoms with Crippen LogP contribution >= 0.6 is 11.3 Å². The molecule has 1 fully saturated rings. The number of nitrogens with zero attached hydrogens (tertiary/aromatic N) is 3. The van der Waals surface area contributed by atoms with Crippen LogP contribution in [0.5, 0.6) is 0 Å². The molecule has 0 spiro atoms. The fourth-order valence-electron chi connectivity index (χ4n) is 3.86. The van der Waals surface area contributed by atoms with Gasteiger partial charge in [-0.15, -0.1) is 11.3 Å². The van der Waals surface area contributed by atoms with Gasteiger partial charge in [0.15, 0.2) is 0 Å². The highest BCUT2D eigenvalue weighted by Gasteiger charge is 2.28. The fourth-order valence-corrected chi connectivity index (χ4v) is 6.02. The molecule has 6 nitrogen and oxygen atoms in total. The summed E-state index contributed by atoms with van der Waals surface area (Å²) in [5.74, 6) is 1.80. The number of alkyl halides is 1. The van der Waals surface area contributed by atoms with E-state index in [4.69, 9.17) is 9.97 Å². The van der Waals surface area contributed by atoms with Crippen molar-refractivity contribution in [2.24, 2.45) is 0 Å². The van der Waals surface area contributed by atoms with Gasteiger partial charge >= 0.3 is 0 Å². The maximum atomic E-state index is 14.2. The highest BCUT2D eigenvalue weighted by molar-refractivity contribution is 7.85. The zero-order valence-electron chi connectivity index (χ0n) is 16.0. The first-order valence-corrected chi connectivity index (χ1v) is 11.8. The maximum Gasteiger partial charge on any atom is 0.228 e. The average molecular weight is 432 g/mol. The van der Waals surface area contributed by atoms with E-state index in [9.17, 15) is 8.60 Å². The molecule has 152 valence electrons. The summed E-state index contributed by atoms with van der Waals surface area (Å²) >= 11 is 1.61. The molecular weight excluding hydrogens is 409 g/mol. The van der Waals surface area contributed by atoms with E-state index in [0.717, 1.165) is 25.6 Å². The Labute approximate surface area is 175 Å². The first-order valence-electron chi connectivity index (χ1n) is 9.69. The summed E-state index contributed by atoms with van der Waals surface area (Å²) in [6.45, 7) is 4.17. The van der Waals surface area contributed by atoms with Gasteiger partial charge < -0.3 is 15.5 Å². The highest BCUT2D eigenvalue weighted by atomic mass is 32.2. The number of rotatable bonds is 3. The van der Waals surface area contributed by atoms with Crippen molar-refractivity contribution in [3.8, 4) is 0 Å². The number of halogens is 1. The molecule has 2 N–H and O–H groups in total. The maximum absolute atomic E-state index is 14.2. The van der Waals surface area contributed by atoms with E-state index in [1.165, 1.54) is 0 Å². The molecule has 1 saturated heterocycles. The smallest absolute Gasteiger partial charge is 0.228 e. The normalized spacial score (nSPS) is 24.5. The fraction of sp³-hybridized carbons (Fsp3) is 0.400. The zero-order valence-corrected chi connectivity index (χ0v) is 17.7. The minimum Gasteiger partial charge on any atom is -0.362 e. The summed E-state index contributed by atoms with van der Waals surface area (Å²) in [5, 5.41) is 6.38. The summed E-state index contributed by atoms with van der Waals surface area (Å²) in [6, 6.07) is 9.57. The molecule has 0 bridgehead atoms. The van der Waals surface area contributed by atoms with Gasteiger partial charge in [-0.25, -0.2) is 9.37 Å². The Morgan fingerprint density at radius 2 is 2.17 bits per heavy atom. The van der Waals surface area contributed by atoms with Crippen molar-refractivity contribution < 1.29 is 8.60 Å². The van der Waals surface area contributed by atoms with Crippen molar-refractivity contribution in [3.05, 3.63) is 40.8 Å². The molecule has 0 saturated carbocycles. The number of thiophene rings is 1. The zero-order chi connectivity index (χ0) is 20.0. The van der Waals surface area contributed by atoms with Crippen LogP contribution < -0.4 is 15.5 Å². The number of fused-ring (bicyclic) bond motifs is 2. The number of anilines is 2. The summed E-state index contributed by atoms with van der Waals surface area (Å²) in [5.41, 5.74) is 1.90. The largest absolute Gasteiger partial charge is 0.362 e. The van der Waals surface area contributed by atoms with E-state index in [1.807, 2.05) is 37.3 Å². The minimum atomic E-state index is -1.03. The van der Waals surface area contributed by atoms with Crippen LogP contribution in [0, 0.1) is 6.92 Å². The minimum absolute atomic E-state index is 0.305. The Kier molecular flexibility index (Phi) is 4.97. The van der Waals surface area contributed by atoms with Gasteiger partial charge in [-0.2, -0.15) is 4.98 Å². The molecule has 3 aromatic rings. The predicted molar refractivity (Wildman–Crippen MR) is 116 cm³/mol. The molecule has 0 radical (unpaired) electrons. The number of aryl methyl sites for hydroxylation is 1. The highest BCUT2D eigenvalue weighted by Crippen LogP contribution is 2.33. The standard InChI is InChI=1S/C20H22FN5OS2/c1-12-8-15-18(28-12)19(23-16-10-22-9-14(16)21)25-20(24-15)26-6-7-29(27)17-5-3-2-4-13(17)11-26/h2-5,8,14,16,22H,6-7,9-11H2,1H3,(H,23,24,25). The van der Waals surface area contributed by atoms with Gasteiger partial charge in [-0.1, -0.05) is 18.2 Å². The monoisotopic (exact) mass is 431 g/mol. The number of nitrogens with one attached hydrogen (secondary N) is 2. The van der Waals surface area contributed by atoms with Crippen molar-refractivity contribution in [3.63, 3.8) is 0 Å². The van der Waals surface area contributed by atoms with Gasteiger partial charge in [-0.3, -0.25) is 4.21 Å². The number of hydrogen-bond acceptors (Lipinski definition) is 7. The van der Waals surface area contributed by atoms with Crippen molar-refractivity contribution in [1.29, 1.82) is 0 Å². The number of aromatic nitrogens is 2. The van der Waals surface area contributed by atoms with Crippen molar-refractivity contribution in [2.45, 2.75) is 30.6 Å². The molecule has 9 heteroatoms.